The van der Waals surface area contributed by atoms with Crippen LogP contribution >= 0.6 is 12.4 Å². The Labute approximate surface area is 209 Å². The zero-order valence-electron chi connectivity index (χ0n) is 19.1. The average Bonchev–Trinajstić information content (AvgIpc) is 3.34. The van der Waals surface area contributed by atoms with Gasteiger partial charge in [-0.15, -0.1) is 12.4 Å². The van der Waals surface area contributed by atoms with Crippen molar-refractivity contribution in [2.45, 2.75) is 31.9 Å². The van der Waals surface area contributed by atoms with Crippen LogP contribution in [-0.4, -0.2) is 34.3 Å². The van der Waals surface area contributed by atoms with E-state index in [9.17, 15) is 19.1 Å². The van der Waals surface area contributed by atoms with Crippen LogP contribution in [0.1, 0.15) is 35.2 Å². The minimum absolute atomic E-state index is 0. The smallest absolute Gasteiger partial charge is 0.295 e. The van der Waals surface area contributed by atoms with Crippen molar-refractivity contribution in [1.82, 2.24) is 4.90 Å². The number of aliphatic hydroxyl groups excluding tert-OH is 1. The molecule has 2 atom stereocenters. The summed E-state index contributed by atoms with van der Waals surface area (Å²) in [7, 11) is 0. The number of ketones is 1. The zero-order chi connectivity index (χ0) is 23.8. The lowest BCUT2D eigenvalue weighted by atomic mass is 9.94. The van der Waals surface area contributed by atoms with Crippen molar-refractivity contribution in [3.8, 4) is 5.75 Å². The topological polar surface area (TPSA) is 66.8 Å². The summed E-state index contributed by atoms with van der Waals surface area (Å²) in [4.78, 5) is 27.7. The molecule has 3 aromatic carbocycles. The van der Waals surface area contributed by atoms with Gasteiger partial charge in [-0.1, -0.05) is 42.5 Å². The van der Waals surface area contributed by atoms with Crippen molar-refractivity contribution in [2.24, 2.45) is 0 Å². The van der Waals surface area contributed by atoms with Crippen LogP contribution in [0.15, 0.2) is 78.4 Å². The van der Waals surface area contributed by atoms with Gasteiger partial charge in [0, 0.05) is 18.5 Å². The standard InChI is InChI=1S/C28H24FNO4.ClH/c1-17-15-21-16-20(9-12-23(21)34-17)26(31)24-25(19-7-10-22(29)11-8-19)30(28(33)27(24)32)14-13-18-5-3-2-4-6-18;/h2-12,16-17,25,31H,13-15H2,1H3;1H/b26-24+;. The molecule has 1 fully saturated rings. The van der Waals surface area contributed by atoms with E-state index < -0.39 is 23.5 Å². The molecule has 0 aromatic heterocycles. The van der Waals surface area contributed by atoms with Gasteiger partial charge >= 0.3 is 0 Å². The van der Waals surface area contributed by atoms with E-state index >= 15 is 0 Å². The van der Waals surface area contributed by atoms with Crippen LogP contribution in [0.4, 0.5) is 4.39 Å². The number of amides is 1. The van der Waals surface area contributed by atoms with Crippen LogP contribution < -0.4 is 4.74 Å². The van der Waals surface area contributed by atoms with Crippen molar-refractivity contribution in [3.63, 3.8) is 0 Å². The molecular formula is C28H25ClFNO4. The first kappa shape index (κ1) is 24.5. The number of nitrogens with zero attached hydrogens (tertiary/aromatic N) is 1. The van der Waals surface area contributed by atoms with E-state index in [1.54, 1.807) is 30.3 Å². The van der Waals surface area contributed by atoms with E-state index in [0.29, 0.717) is 24.0 Å². The van der Waals surface area contributed by atoms with E-state index in [4.69, 9.17) is 4.74 Å². The van der Waals surface area contributed by atoms with Crippen LogP contribution in [-0.2, 0) is 22.4 Å². The first-order valence-corrected chi connectivity index (χ1v) is 11.3. The highest BCUT2D eigenvalue weighted by Crippen LogP contribution is 2.40. The molecule has 5 nitrogen and oxygen atoms in total. The summed E-state index contributed by atoms with van der Waals surface area (Å²) in [5, 5.41) is 11.3. The fourth-order valence-electron chi connectivity index (χ4n) is 4.72. The molecule has 1 N–H and O–H groups in total. The van der Waals surface area contributed by atoms with E-state index in [1.165, 1.54) is 17.0 Å². The Hall–Kier alpha value is -3.64. The number of ether oxygens (including phenoxy) is 1. The van der Waals surface area contributed by atoms with Gasteiger partial charge in [-0.25, -0.2) is 4.39 Å². The van der Waals surface area contributed by atoms with E-state index in [-0.39, 0.29) is 36.4 Å². The number of hydrogen-bond acceptors (Lipinski definition) is 4. The van der Waals surface area contributed by atoms with Crippen LogP contribution in [0.25, 0.3) is 5.76 Å². The van der Waals surface area contributed by atoms with Crippen molar-refractivity contribution >= 4 is 29.9 Å². The van der Waals surface area contributed by atoms with Crippen molar-refractivity contribution in [3.05, 3.63) is 106 Å². The summed E-state index contributed by atoms with van der Waals surface area (Å²) in [6.45, 7) is 2.25. The molecule has 0 saturated carbocycles. The first-order chi connectivity index (χ1) is 16.4. The zero-order valence-corrected chi connectivity index (χ0v) is 19.9. The molecule has 7 heteroatoms. The monoisotopic (exact) mass is 493 g/mol. The normalized spacial score (nSPS) is 20.3. The Morgan fingerprint density at radius 1 is 1.06 bits per heavy atom. The lowest BCUT2D eigenvalue weighted by Gasteiger charge is -2.25. The maximum Gasteiger partial charge on any atom is 0.295 e. The number of aliphatic hydroxyl groups is 1. The maximum atomic E-state index is 13.7. The molecular weight excluding hydrogens is 469 g/mol. The SMILES string of the molecule is CC1Cc2cc(/C(O)=C3\C(=O)C(=O)N(CCc4ccccc4)C3c3ccc(F)cc3)ccc2O1.Cl. The number of carbonyl (C=O) groups is 2. The van der Waals surface area contributed by atoms with E-state index in [1.807, 2.05) is 37.3 Å². The van der Waals surface area contributed by atoms with Crippen molar-refractivity contribution in [1.29, 1.82) is 0 Å². The van der Waals surface area contributed by atoms with Gasteiger partial charge in [-0.05, 0) is 60.4 Å². The molecule has 2 aliphatic heterocycles. The molecule has 1 saturated heterocycles. The summed E-state index contributed by atoms with van der Waals surface area (Å²) in [5.74, 6) is -1.33. The fraction of sp³-hybridized carbons (Fsp3) is 0.214. The Kier molecular flexibility index (Phi) is 6.94. The first-order valence-electron chi connectivity index (χ1n) is 11.3. The highest BCUT2D eigenvalue weighted by atomic mass is 35.5. The highest BCUT2D eigenvalue weighted by Gasteiger charge is 2.45. The molecule has 2 heterocycles. The van der Waals surface area contributed by atoms with Gasteiger partial charge in [0.2, 0.25) is 0 Å². The van der Waals surface area contributed by atoms with Gasteiger partial charge in [0.15, 0.2) is 0 Å². The predicted octanol–water partition coefficient (Wildman–Crippen LogP) is 5.24. The molecule has 0 bridgehead atoms. The highest BCUT2D eigenvalue weighted by molar-refractivity contribution is 6.46. The van der Waals surface area contributed by atoms with E-state index in [2.05, 4.69) is 0 Å². The number of likely N-dealkylation sites (tertiary alicyclic amines) is 1. The molecule has 180 valence electrons. The lowest BCUT2D eigenvalue weighted by Crippen LogP contribution is -2.31. The summed E-state index contributed by atoms with van der Waals surface area (Å²) in [5.41, 5.74) is 2.98. The number of fused-ring (bicyclic) bond motifs is 1. The third kappa shape index (κ3) is 4.66. The number of carbonyl (C=O) groups excluding carboxylic acids is 2. The number of halogens is 2. The molecule has 2 unspecified atom stereocenters. The van der Waals surface area contributed by atoms with Gasteiger partial charge < -0.3 is 14.7 Å². The summed E-state index contributed by atoms with van der Waals surface area (Å²) >= 11 is 0. The second kappa shape index (κ2) is 9.92. The number of Topliss-reactive ketones (excluding diaryl/α,β-unsaturated/α-hetero) is 1. The van der Waals surface area contributed by atoms with Gasteiger partial charge in [0.05, 0.1) is 11.6 Å². The largest absolute Gasteiger partial charge is 0.507 e. The van der Waals surface area contributed by atoms with Crippen LogP contribution in [0, 0.1) is 5.82 Å². The molecule has 0 spiro atoms. The molecule has 5 rings (SSSR count). The number of hydrogen-bond donors (Lipinski definition) is 1. The maximum absolute atomic E-state index is 13.7. The van der Waals surface area contributed by atoms with E-state index in [0.717, 1.165) is 16.9 Å². The Balaban J connectivity index is 0.00000289. The molecule has 3 aromatic rings. The Morgan fingerprint density at radius 2 is 1.77 bits per heavy atom. The minimum Gasteiger partial charge on any atom is -0.507 e. The number of benzene rings is 3. The number of rotatable bonds is 5. The average molecular weight is 494 g/mol. The summed E-state index contributed by atoms with van der Waals surface area (Å²) in [6.07, 6.45) is 1.28. The summed E-state index contributed by atoms with van der Waals surface area (Å²) < 4.78 is 19.4. The fourth-order valence-corrected chi connectivity index (χ4v) is 4.72. The predicted molar refractivity (Wildman–Crippen MR) is 133 cm³/mol. The van der Waals surface area contributed by atoms with Gasteiger partial charge in [-0.2, -0.15) is 0 Å². The van der Waals surface area contributed by atoms with Gasteiger partial charge in [-0.3, -0.25) is 9.59 Å². The van der Waals surface area contributed by atoms with Crippen LogP contribution in [0.5, 0.6) is 5.75 Å². The third-order valence-corrected chi connectivity index (χ3v) is 6.38. The molecule has 1 amide bonds. The van der Waals surface area contributed by atoms with Crippen LogP contribution in [0.2, 0.25) is 0 Å². The molecule has 0 radical (unpaired) electrons. The van der Waals surface area contributed by atoms with Crippen molar-refractivity contribution in [2.75, 3.05) is 6.54 Å². The molecule has 2 aliphatic rings. The molecule has 35 heavy (non-hydrogen) atoms. The van der Waals surface area contributed by atoms with Crippen LogP contribution in [0.3, 0.4) is 0 Å². The van der Waals surface area contributed by atoms with Crippen molar-refractivity contribution < 1.29 is 23.8 Å². The quantitative estimate of drug-likeness (QED) is 0.300. The third-order valence-electron chi connectivity index (χ3n) is 6.38. The van der Waals surface area contributed by atoms with Gasteiger partial charge in [0.25, 0.3) is 11.7 Å². The minimum atomic E-state index is -0.812. The Morgan fingerprint density at radius 3 is 2.49 bits per heavy atom. The molecule has 0 aliphatic carbocycles. The second-order valence-electron chi connectivity index (χ2n) is 8.73. The lowest BCUT2D eigenvalue weighted by molar-refractivity contribution is -0.139. The second-order valence-corrected chi connectivity index (χ2v) is 8.73. The Bertz CT molecular complexity index is 1290. The van der Waals surface area contributed by atoms with Gasteiger partial charge in [0.1, 0.15) is 23.4 Å². The summed E-state index contributed by atoms with van der Waals surface area (Å²) in [6, 6.07) is 19.8.